The van der Waals surface area contributed by atoms with Crippen molar-refractivity contribution in [3.05, 3.63) is 29.3 Å². The Balaban J connectivity index is 1.46. The summed E-state index contributed by atoms with van der Waals surface area (Å²) in [5, 5.41) is 3.96. The van der Waals surface area contributed by atoms with E-state index in [1.165, 1.54) is 18.5 Å². The van der Waals surface area contributed by atoms with Gasteiger partial charge in [-0.25, -0.2) is 0 Å². The van der Waals surface area contributed by atoms with E-state index in [0.29, 0.717) is 12.0 Å². The van der Waals surface area contributed by atoms with Crippen LogP contribution in [0.4, 0.5) is 5.69 Å². The van der Waals surface area contributed by atoms with Gasteiger partial charge in [0.15, 0.2) is 0 Å². The van der Waals surface area contributed by atoms with Crippen LogP contribution in [-0.4, -0.2) is 25.0 Å². The van der Waals surface area contributed by atoms with Crippen LogP contribution in [0.2, 0.25) is 5.02 Å². The van der Waals surface area contributed by atoms with Crippen molar-refractivity contribution >= 4 is 23.2 Å². The molecule has 1 heterocycles. The maximum Gasteiger partial charge on any atom is 0.220 e. The predicted molar refractivity (Wildman–Crippen MR) is 82.2 cm³/mol. The molecule has 3 nitrogen and oxygen atoms in total. The third kappa shape index (κ3) is 3.66. The van der Waals surface area contributed by atoms with Crippen molar-refractivity contribution in [2.75, 3.05) is 18.0 Å². The number of carbonyl (C=O) groups is 1. The summed E-state index contributed by atoms with van der Waals surface area (Å²) in [6.07, 6.45) is 5.26. The topological polar surface area (TPSA) is 32.3 Å². The highest BCUT2D eigenvalue weighted by Crippen LogP contribution is 2.32. The van der Waals surface area contributed by atoms with E-state index in [9.17, 15) is 4.79 Å². The minimum atomic E-state index is 0.248. The molecule has 0 unspecified atom stereocenters. The van der Waals surface area contributed by atoms with E-state index >= 15 is 0 Å². The number of hydrogen-bond acceptors (Lipinski definition) is 2. The van der Waals surface area contributed by atoms with Gasteiger partial charge in [-0.05, 0) is 55.9 Å². The first-order chi connectivity index (χ1) is 9.70. The van der Waals surface area contributed by atoms with E-state index < -0.39 is 0 Å². The molecule has 1 aliphatic carbocycles. The first-order valence-electron chi connectivity index (χ1n) is 7.50. The predicted octanol–water partition coefficient (Wildman–Crippen LogP) is 3.23. The van der Waals surface area contributed by atoms with E-state index in [-0.39, 0.29) is 5.91 Å². The average molecular weight is 293 g/mol. The van der Waals surface area contributed by atoms with E-state index in [1.54, 1.807) is 0 Å². The quantitative estimate of drug-likeness (QED) is 0.924. The first kappa shape index (κ1) is 13.7. The van der Waals surface area contributed by atoms with Crippen LogP contribution in [0.5, 0.6) is 0 Å². The molecule has 1 saturated heterocycles. The van der Waals surface area contributed by atoms with Crippen molar-refractivity contribution in [1.82, 2.24) is 5.32 Å². The molecule has 4 heteroatoms. The largest absolute Gasteiger partial charge is 0.371 e. The van der Waals surface area contributed by atoms with Gasteiger partial charge in [0.1, 0.15) is 0 Å². The summed E-state index contributed by atoms with van der Waals surface area (Å²) in [5.74, 6) is 0.918. The van der Waals surface area contributed by atoms with Crippen LogP contribution in [-0.2, 0) is 4.79 Å². The molecular weight excluding hydrogens is 272 g/mol. The Labute approximate surface area is 125 Å². The molecular formula is C16H21ClN2O. The number of anilines is 1. The lowest BCUT2D eigenvalue weighted by Gasteiger charge is -2.34. The van der Waals surface area contributed by atoms with Gasteiger partial charge in [0.25, 0.3) is 0 Å². The molecule has 1 saturated carbocycles. The standard InChI is InChI=1S/C16H21ClN2O/c17-13-3-5-15(6-4-13)19-9-7-14(8-10-19)18-16(20)11-12-1-2-12/h3-6,12,14H,1-2,7-11H2,(H,18,20). The zero-order valence-electron chi connectivity index (χ0n) is 11.6. The molecule has 0 atom stereocenters. The van der Waals surface area contributed by atoms with Crippen LogP contribution in [0.25, 0.3) is 0 Å². The summed E-state index contributed by atoms with van der Waals surface area (Å²) < 4.78 is 0. The third-order valence-corrected chi connectivity index (χ3v) is 4.47. The van der Waals surface area contributed by atoms with Crippen molar-refractivity contribution in [2.24, 2.45) is 5.92 Å². The Morgan fingerprint density at radius 2 is 1.80 bits per heavy atom. The molecule has 2 fully saturated rings. The van der Waals surface area contributed by atoms with Gasteiger partial charge < -0.3 is 10.2 Å². The molecule has 108 valence electrons. The number of hydrogen-bond donors (Lipinski definition) is 1. The summed E-state index contributed by atoms with van der Waals surface area (Å²) >= 11 is 5.91. The molecule has 1 aliphatic heterocycles. The molecule has 0 spiro atoms. The Hall–Kier alpha value is -1.22. The molecule has 0 aromatic heterocycles. The zero-order chi connectivity index (χ0) is 13.9. The van der Waals surface area contributed by atoms with Crippen LogP contribution < -0.4 is 10.2 Å². The fourth-order valence-corrected chi connectivity index (χ4v) is 2.93. The number of halogens is 1. The number of rotatable bonds is 4. The fraction of sp³-hybridized carbons (Fsp3) is 0.562. The van der Waals surface area contributed by atoms with Crippen molar-refractivity contribution in [2.45, 2.75) is 38.1 Å². The monoisotopic (exact) mass is 292 g/mol. The normalized spacial score (nSPS) is 19.9. The summed E-state index contributed by atoms with van der Waals surface area (Å²) in [6.45, 7) is 1.99. The van der Waals surface area contributed by atoms with Crippen molar-refractivity contribution in [3.63, 3.8) is 0 Å². The molecule has 3 rings (SSSR count). The molecule has 1 N–H and O–H groups in total. The lowest BCUT2D eigenvalue weighted by molar-refractivity contribution is -0.122. The van der Waals surface area contributed by atoms with Crippen molar-refractivity contribution in [1.29, 1.82) is 0 Å². The number of piperidine rings is 1. The van der Waals surface area contributed by atoms with Gasteiger partial charge in [-0.2, -0.15) is 0 Å². The Kier molecular flexibility index (Phi) is 4.16. The van der Waals surface area contributed by atoms with E-state index in [1.807, 2.05) is 12.1 Å². The highest BCUT2D eigenvalue weighted by Gasteiger charge is 2.26. The Morgan fingerprint density at radius 3 is 2.40 bits per heavy atom. The van der Waals surface area contributed by atoms with Crippen LogP contribution in [0, 0.1) is 5.92 Å². The SMILES string of the molecule is O=C(CC1CC1)NC1CCN(c2ccc(Cl)cc2)CC1. The van der Waals surface area contributed by atoms with E-state index in [0.717, 1.165) is 37.4 Å². The van der Waals surface area contributed by atoms with E-state index in [4.69, 9.17) is 11.6 Å². The molecule has 1 aromatic rings. The second kappa shape index (κ2) is 6.04. The highest BCUT2D eigenvalue weighted by molar-refractivity contribution is 6.30. The second-order valence-electron chi connectivity index (χ2n) is 5.95. The summed E-state index contributed by atoms with van der Waals surface area (Å²) in [7, 11) is 0. The van der Waals surface area contributed by atoms with Gasteiger partial charge in [0, 0.05) is 36.3 Å². The molecule has 1 aromatic carbocycles. The van der Waals surface area contributed by atoms with Crippen LogP contribution in [0.3, 0.4) is 0 Å². The lowest BCUT2D eigenvalue weighted by atomic mass is 10.0. The number of nitrogens with one attached hydrogen (secondary N) is 1. The summed E-state index contributed by atoms with van der Waals surface area (Å²) in [4.78, 5) is 14.2. The van der Waals surface area contributed by atoms with Crippen molar-refractivity contribution < 1.29 is 4.79 Å². The van der Waals surface area contributed by atoms with Gasteiger partial charge in [0.05, 0.1) is 0 Å². The number of benzene rings is 1. The molecule has 0 radical (unpaired) electrons. The van der Waals surface area contributed by atoms with E-state index in [2.05, 4.69) is 22.3 Å². The minimum Gasteiger partial charge on any atom is -0.371 e. The van der Waals surface area contributed by atoms with Crippen LogP contribution >= 0.6 is 11.6 Å². The maximum absolute atomic E-state index is 11.8. The fourth-order valence-electron chi connectivity index (χ4n) is 2.80. The first-order valence-corrected chi connectivity index (χ1v) is 7.88. The lowest BCUT2D eigenvalue weighted by Crippen LogP contribution is -2.44. The average Bonchev–Trinajstić information content (AvgIpc) is 3.24. The molecule has 0 bridgehead atoms. The molecule has 1 amide bonds. The summed E-state index contributed by atoms with van der Waals surface area (Å²) in [6, 6.07) is 8.34. The highest BCUT2D eigenvalue weighted by atomic mass is 35.5. The van der Waals surface area contributed by atoms with Crippen LogP contribution in [0.1, 0.15) is 32.1 Å². The van der Waals surface area contributed by atoms with Gasteiger partial charge in [-0.15, -0.1) is 0 Å². The van der Waals surface area contributed by atoms with Crippen molar-refractivity contribution in [3.8, 4) is 0 Å². The second-order valence-corrected chi connectivity index (χ2v) is 6.39. The maximum atomic E-state index is 11.8. The molecule has 20 heavy (non-hydrogen) atoms. The molecule has 2 aliphatic rings. The zero-order valence-corrected chi connectivity index (χ0v) is 12.4. The minimum absolute atomic E-state index is 0.248. The van der Waals surface area contributed by atoms with Gasteiger partial charge in [0.2, 0.25) is 5.91 Å². The number of carbonyl (C=O) groups excluding carboxylic acids is 1. The Bertz CT molecular complexity index is 462. The smallest absolute Gasteiger partial charge is 0.220 e. The summed E-state index contributed by atoms with van der Waals surface area (Å²) in [5.41, 5.74) is 1.22. The Morgan fingerprint density at radius 1 is 1.15 bits per heavy atom. The number of amides is 1. The third-order valence-electron chi connectivity index (χ3n) is 4.22. The van der Waals surface area contributed by atoms with Crippen LogP contribution in [0.15, 0.2) is 24.3 Å². The van der Waals surface area contributed by atoms with Gasteiger partial charge in [-0.1, -0.05) is 11.6 Å². The van der Waals surface area contributed by atoms with Gasteiger partial charge in [-0.3, -0.25) is 4.79 Å². The van der Waals surface area contributed by atoms with Gasteiger partial charge >= 0.3 is 0 Å². The number of nitrogens with zero attached hydrogens (tertiary/aromatic N) is 1.